The zero-order valence-electron chi connectivity index (χ0n) is 16.6. The molecule has 0 unspecified atom stereocenters. The van der Waals surface area contributed by atoms with Crippen LogP contribution in [0, 0.1) is 13.8 Å². The van der Waals surface area contributed by atoms with Gasteiger partial charge in [0.05, 0.1) is 5.52 Å². The number of hydrogen-bond acceptors (Lipinski definition) is 5. The molecule has 30 heavy (non-hydrogen) atoms. The van der Waals surface area contributed by atoms with E-state index in [1.54, 1.807) is 30.3 Å². The van der Waals surface area contributed by atoms with Gasteiger partial charge in [-0.3, -0.25) is 14.2 Å². The molecule has 7 nitrogen and oxygen atoms in total. The number of ether oxygens (including phenoxy) is 1. The number of aromatic nitrogens is 2. The van der Waals surface area contributed by atoms with Gasteiger partial charge in [-0.05, 0) is 44.2 Å². The Kier molecular flexibility index (Phi) is 5.10. The van der Waals surface area contributed by atoms with Crippen molar-refractivity contribution < 1.29 is 18.7 Å². The number of aryl methyl sites for hydroxylation is 1. The van der Waals surface area contributed by atoms with Crippen LogP contribution < -0.4 is 5.76 Å². The first kappa shape index (κ1) is 19.4. The van der Waals surface area contributed by atoms with Gasteiger partial charge in [0.1, 0.15) is 6.54 Å². The maximum absolute atomic E-state index is 12.7. The number of nitrogens with zero attached hydrogens (tertiary/aromatic N) is 2. The molecule has 2 aromatic heterocycles. The number of oxazole rings is 1. The van der Waals surface area contributed by atoms with Gasteiger partial charge in [0.2, 0.25) is 5.78 Å². The van der Waals surface area contributed by atoms with Crippen molar-refractivity contribution in [3.63, 3.8) is 0 Å². The molecule has 0 aliphatic carbocycles. The summed E-state index contributed by atoms with van der Waals surface area (Å²) in [6, 6.07) is 18.3. The van der Waals surface area contributed by atoms with Crippen LogP contribution in [0.2, 0.25) is 0 Å². The van der Waals surface area contributed by atoms with E-state index in [0.29, 0.717) is 16.7 Å². The van der Waals surface area contributed by atoms with Crippen LogP contribution in [-0.4, -0.2) is 27.5 Å². The molecule has 0 atom stereocenters. The van der Waals surface area contributed by atoms with E-state index >= 15 is 0 Å². The first-order chi connectivity index (χ1) is 14.5. The molecule has 0 amide bonds. The second kappa shape index (κ2) is 7.87. The van der Waals surface area contributed by atoms with E-state index in [1.807, 2.05) is 48.7 Å². The summed E-state index contributed by atoms with van der Waals surface area (Å²) in [6.07, 6.45) is 0. The van der Waals surface area contributed by atoms with Gasteiger partial charge in [0.25, 0.3) is 0 Å². The number of carbonyl (C=O) groups is 2. The van der Waals surface area contributed by atoms with Crippen molar-refractivity contribution in [3.05, 3.63) is 88.2 Å². The number of ketones is 1. The van der Waals surface area contributed by atoms with Gasteiger partial charge < -0.3 is 13.7 Å². The lowest BCUT2D eigenvalue weighted by molar-refractivity contribution is -0.143. The van der Waals surface area contributed by atoms with E-state index in [-0.39, 0.29) is 12.3 Å². The standard InChI is InChI=1S/C23H20N2O5/c1-15-12-18(16(2)25(15)17-8-4-3-5-9-17)20(26)14-29-22(27)13-24-19-10-6-7-11-21(19)30-23(24)28/h3-12H,13-14H2,1-2H3. The normalized spacial score (nSPS) is 11.0. The second-order valence-electron chi connectivity index (χ2n) is 6.96. The first-order valence-electron chi connectivity index (χ1n) is 9.47. The highest BCUT2D eigenvalue weighted by atomic mass is 16.5. The van der Waals surface area contributed by atoms with Crippen LogP contribution >= 0.6 is 0 Å². The summed E-state index contributed by atoms with van der Waals surface area (Å²) >= 11 is 0. The van der Waals surface area contributed by atoms with Crippen LogP contribution in [0.4, 0.5) is 0 Å². The number of carbonyl (C=O) groups excluding carboxylic acids is 2. The number of esters is 1. The average molecular weight is 404 g/mol. The fourth-order valence-electron chi connectivity index (χ4n) is 3.58. The smallest absolute Gasteiger partial charge is 0.420 e. The maximum Gasteiger partial charge on any atom is 0.420 e. The van der Waals surface area contributed by atoms with Crippen LogP contribution in [0.15, 0.2) is 69.9 Å². The summed E-state index contributed by atoms with van der Waals surface area (Å²) < 4.78 is 13.4. The highest BCUT2D eigenvalue weighted by Gasteiger charge is 2.19. The number of hydrogen-bond donors (Lipinski definition) is 0. The molecule has 2 heterocycles. The molecule has 4 aromatic rings. The van der Waals surface area contributed by atoms with Crippen LogP contribution in [0.3, 0.4) is 0 Å². The molecule has 0 spiro atoms. The van der Waals surface area contributed by atoms with Crippen molar-refractivity contribution >= 4 is 22.9 Å². The Balaban J connectivity index is 1.47. The summed E-state index contributed by atoms with van der Waals surface area (Å²) in [5.41, 5.74) is 4.02. The van der Waals surface area contributed by atoms with E-state index in [1.165, 1.54) is 4.57 Å². The van der Waals surface area contributed by atoms with E-state index in [0.717, 1.165) is 17.1 Å². The Morgan fingerprint density at radius 1 is 1.00 bits per heavy atom. The van der Waals surface area contributed by atoms with E-state index in [9.17, 15) is 14.4 Å². The van der Waals surface area contributed by atoms with Crippen LogP contribution in [0.1, 0.15) is 21.7 Å². The molecule has 0 aliphatic heterocycles. The Labute approximate surface area is 172 Å². The van der Waals surface area contributed by atoms with Crippen LogP contribution in [0.25, 0.3) is 16.8 Å². The van der Waals surface area contributed by atoms with Gasteiger partial charge in [-0.1, -0.05) is 30.3 Å². The third-order valence-electron chi connectivity index (χ3n) is 4.97. The van der Waals surface area contributed by atoms with Crippen LogP contribution in [0.5, 0.6) is 0 Å². The molecule has 0 saturated carbocycles. The van der Waals surface area contributed by atoms with Crippen molar-refractivity contribution in [2.75, 3.05) is 6.61 Å². The Morgan fingerprint density at radius 3 is 2.47 bits per heavy atom. The third kappa shape index (κ3) is 3.57. The van der Waals surface area contributed by atoms with Crippen molar-refractivity contribution in [1.82, 2.24) is 9.13 Å². The van der Waals surface area contributed by atoms with Crippen molar-refractivity contribution in [2.45, 2.75) is 20.4 Å². The quantitative estimate of drug-likeness (QED) is 0.363. The fourth-order valence-corrected chi connectivity index (χ4v) is 3.58. The Hall–Kier alpha value is -3.87. The predicted octanol–water partition coefficient (Wildman–Crippen LogP) is 3.43. The molecule has 4 rings (SSSR count). The van der Waals surface area contributed by atoms with Crippen LogP contribution in [-0.2, 0) is 16.1 Å². The largest absolute Gasteiger partial charge is 0.456 e. The Morgan fingerprint density at radius 2 is 1.70 bits per heavy atom. The summed E-state index contributed by atoms with van der Waals surface area (Å²) in [4.78, 5) is 36.9. The molecule has 7 heteroatoms. The van der Waals surface area contributed by atoms with Crippen molar-refractivity contribution in [2.24, 2.45) is 0 Å². The minimum absolute atomic E-state index is 0.303. The van der Waals surface area contributed by atoms with Gasteiger partial charge in [-0.15, -0.1) is 0 Å². The average Bonchev–Trinajstić information content (AvgIpc) is 3.22. The number of rotatable bonds is 6. The lowest BCUT2D eigenvalue weighted by atomic mass is 10.1. The van der Waals surface area contributed by atoms with Crippen molar-refractivity contribution in [3.8, 4) is 5.69 Å². The third-order valence-corrected chi connectivity index (χ3v) is 4.97. The lowest BCUT2D eigenvalue weighted by Crippen LogP contribution is -2.23. The molecular formula is C23H20N2O5. The molecular weight excluding hydrogens is 384 g/mol. The molecule has 0 bridgehead atoms. The second-order valence-corrected chi connectivity index (χ2v) is 6.96. The fraction of sp³-hybridized carbons (Fsp3) is 0.174. The molecule has 0 aliphatic rings. The van der Waals surface area contributed by atoms with E-state index in [2.05, 4.69) is 0 Å². The summed E-state index contributed by atoms with van der Waals surface area (Å²) in [5, 5.41) is 0. The minimum atomic E-state index is -0.686. The molecule has 0 fully saturated rings. The zero-order chi connectivity index (χ0) is 21.3. The topological polar surface area (TPSA) is 83.4 Å². The number of para-hydroxylation sites is 3. The Bertz CT molecular complexity index is 1290. The number of Topliss-reactive ketones (excluding diaryl/α,β-unsaturated/α-hetero) is 1. The van der Waals surface area contributed by atoms with Crippen molar-refractivity contribution in [1.29, 1.82) is 0 Å². The molecule has 0 radical (unpaired) electrons. The monoisotopic (exact) mass is 404 g/mol. The summed E-state index contributed by atoms with van der Waals surface area (Å²) in [6.45, 7) is 3.04. The SMILES string of the molecule is Cc1cc(C(=O)COC(=O)Cn2c(=O)oc3ccccc32)c(C)n1-c1ccccc1. The van der Waals surface area contributed by atoms with Gasteiger partial charge in [-0.25, -0.2) is 4.79 Å². The van der Waals surface area contributed by atoms with Gasteiger partial charge >= 0.3 is 11.7 Å². The zero-order valence-corrected chi connectivity index (χ0v) is 16.6. The molecule has 152 valence electrons. The van der Waals surface area contributed by atoms with E-state index < -0.39 is 18.3 Å². The molecule has 2 aromatic carbocycles. The number of fused-ring (bicyclic) bond motifs is 1. The van der Waals surface area contributed by atoms with Gasteiger partial charge in [0, 0.05) is 22.6 Å². The summed E-state index contributed by atoms with van der Waals surface area (Å²) in [7, 11) is 0. The van der Waals surface area contributed by atoms with Gasteiger partial charge in [0.15, 0.2) is 12.2 Å². The minimum Gasteiger partial charge on any atom is -0.456 e. The molecule has 0 N–H and O–H groups in total. The highest BCUT2D eigenvalue weighted by molar-refractivity contribution is 5.99. The van der Waals surface area contributed by atoms with E-state index in [4.69, 9.17) is 9.15 Å². The number of benzene rings is 2. The maximum atomic E-state index is 12.7. The summed E-state index contributed by atoms with van der Waals surface area (Å²) in [5.74, 6) is -1.64. The lowest BCUT2D eigenvalue weighted by Gasteiger charge is -2.09. The highest BCUT2D eigenvalue weighted by Crippen LogP contribution is 2.21. The van der Waals surface area contributed by atoms with Gasteiger partial charge in [-0.2, -0.15) is 0 Å². The predicted molar refractivity (Wildman–Crippen MR) is 111 cm³/mol. The first-order valence-corrected chi connectivity index (χ1v) is 9.47. The molecule has 0 saturated heterocycles.